The fourth-order valence-corrected chi connectivity index (χ4v) is 2.93. The topological polar surface area (TPSA) is 34.1 Å². The van der Waals surface area contributed by atoms with Crippen LogP contribution in [0.5, 0.6) is 0 Å². The minimum Gasteiger partial charge on any atom is -0.219 e. The van der Waals surface area contributed by atoms with Gasteiger partial charge in [-0.15, -0.1) is 6.58 Å². The van der Waals surface area contributed by atoms with Crippen LogP contribution in [0.15, 0.2) is 53.3 Å². The second-order valence-corrected chi connectivity index (χ2v) is 7.05. The highest BCUT2D eigenvalue weighted by Crippen LogP contribution is 2.18. The molecule has 0 radical (unpaired) electrons. The number of sulfone groups is 1. The van der Waals surface area contributed by atoms with Crippen molar-refractivity contribution in [2.45, 2.75) is 50.3 Å². The maximum atomic E-state index is 12.1. The summed E-state index contributed by atoms with van der Waals surface area (Å²) >= 11 is 0. The molecule has 0 spiro atoms. The lowest BCUT2D eigenvalue weighted by Crippen LogP contribution is -1.97. The number of benzene rings is 1. The highest BCUT2D eigenvalue weighted by molar-refractivity contribution is 7.94. The van der Waals surface area contributed by atoms with Crippen LogP contribution >= 0.6 is 0 Å². The van der Waals surface area contributed by atoms with Crippen molar-refractivity contribution in [3.05, 3.63) is 54.0 Å². The van der Waals surface area contributed by atoms with E-state index in [-0.39, 0.29) is 0 Å². The Bertz CT molecular complexity index is 537. The summed E-state index contributed by atoms with van der Waals surface area (Å²) < 4.78 is 24.2. The van der Waals surface area contributed by atoms with E-state index in [1.165, 1.54) is 5.41 Å². The Morgan fingerprint density at radius 2 is 1.70 bits per heavy atom. The first-order chi connectivity index (χ1) is 9.47. The van der Waals surface area contributed by atoms with Gasteiger partial charge in [0.1, 0.15) is 0 Å². The van der Waals surface area contributed by atoms with Crippen LogP contribution in [0.3, 0.4) is 0 Å². The third kappa shape index (κ3) is 5.33. The van der Waals surface area contributed by atoms with Gasteiger partial charge in [0.15, 0.2) is 9.84 Å². The van der Waals surface area contributed by atoms with E-state index in [0.29, 0.717) is 10.8 Å². The number of allylic oxidation sites excluding steroid dienone is 2. The SMILES string of the molecule is C=CCCCCC=CS(=O)(=O)c1ccc(C(C)C)cc1. The van der Waals surface area contributed by atoms with Crippen molar-refractivity contribution in [2.24, 2.45) is 0 Å². The molecule has 0 N–H and O–H groups in total. The number of unbranched alkanes of at least 4 members (excludes halogenated alkanes) is 3. The monoisotopic (exact) mass is 292 g/mol. The lowest BCUT2D eigenvalue weighted by Gasteiger charge is -2.06. The highest BCUT2D eigenvalue weighted by Gasteiger charge is 2.10. The van der Waals surface area contributed by atoms with E-state index in [4.69, 9.17) is 0 Å². The average molecular weight is 292 g/mol. The predicted octanol–water partition coefficient (Wildman–Crippen LogP) is 4.84. The fourth-order valence-electron chi connectivity index (χ4n) is 1.87. The summed E-state index contributed by atoms with van der Waals surface area (Å²) in [4.78, 5) is 0.365. The van der Waals surface area contributed by atoms with E-state index in [0.717, 1.165) is 31.2 Å². The lowest BCUT2D eigenvalue weighted by molar-refractivity contribution is 0.604. The van der Waals surface area contributed by atoms with Crippen LogP contribution in [0, 0.1) is 0 Å². The molecule has 0 aliphatic rings. The Labute approximate surface area is 123 Å². The first-order valence-corrected chi connectivity index (χ1v) is 8.64. The summed E-state index contributed by atoms with van der Waals surface area (Å²) in [6.45, 7) is 7.84. The van der Waals surface area contributed by atoms with Crippen LogP contribution in [-0.2, 0) is 9.84 Å². The lowest BCUT2D eigenvalue weighted by atomic mass is 10.0. The smallest absolute Gasteiger partial charge is 0.199 e. The van der Waals surface area contributed by atoms with Crippen molar-refractivity contribution < 1.29 is 8.42 Å². The maximum Gasteiger partial charge on any atom is 0.199 e. The van der Waals surface area contributed by atoms with Gasteiger partial charge in [0.05, 0.1) is 4.90 Å². The quantitative estimate of drug-likeness (QED) is 0.507. The van der Waals surface area contributed by atoms with Crippen molar-refractivity contribution in [1.29, 1.82) is 0 Å². The molecule has 0 unspecified atom stereocenters. The summed E-state index contributed by atoms with van der Waals surface area (Å²) in [6, 6.07) is 7.14. The summed E-state index contributed by atoms with van der Waals surface area (Å²) in [5, 5.41) is 1.32. The summed E-state index contributed by atoms with van der Waals surface area (Å²) in [6.07, 6.45) is 7.45. The zero-order valence-electron chi connectivity index (χ0n) is 12.4. The molecular formula is C17H24O2S. The highest BCUT2D eigenvalue weighted by atomic mass is 32.2. The third-order valence-corrected chi connectivity index (χ3v) is 4.66. The van der Waals surface area contributed by atoms with Crippen LogP contribution in [0.2, 0.25) is 0 Å². The van der Waals surface area contributed by atoms with E-state index < -0.39 is 9.84 Å². The van der Waals surface area contributed by atoms with Gasteiger partial charge in [0, 0.05) is 5.41 Å². The predicted molar refractivity (Wildman–Crippen MR) is 85.5 cm³/mol. The van der Waals surface area contributed by atoms with Gasteiger partial charge in [-0.1, -0.05) is 38.1 Å². The minimum atomic E-state index is -3.30. The Kier molecular flexibility index (Phi) is 6.73. The molecule has 0 heterocycles. The molecule has 2 nitrogen and oxygen atoms in total. The number of hydrogen-bond donors (Lipinski definition) is 0. The van der Waals surface area contributed by atoms with Gasteiger partial charge in [0.25, 0.3) is 0 Å². The molecule has 110 valence electrons. The Morgan fingerprint density at radius 3 is 2.25 bits per heavy atom. The van der Waals surface area contributed by atoms with E-state index in [9.17, 15) is 8.42 Å². The van der Waals surface area contributed by atoms with Crippen LogP contribution in [0.25, 0.3) is 0 Å². The second kappa shape index (κ2) is 8.05. The van der Waals surface area contributed by atoms with E-state index in [1.807, 2.05) is 18.2 Å². The zero-order valence-corrected chi connectivity index (χ0v) is 13.2. The molecule has 1 aromatic carbocycles. The zero-order chi connectivity index (χ0) is 15.0. The maximum absolute atomic E-state index is 12.1. The van der Waals surface area contributed by atoms with Gasteiger partial charge in [-0.3, -0.25) is 0 Å². The Morgan fingerprint density at radius 1 is 1.10 bits per heavy atom. The molecule has 1 rings (SSSR count). The van der Waals surface area contributed by atoms with Crippen molar-refractivity contribution in [2.75, 3.05) is 0 Å². The van der Waals surface area contributed by atoms with Crippen molar-refractivity contribution in [1.82, 2.24) is 0 Å². The molecule has 0 bridgehead atoms. The summed E-state index contributed by atoms with van der Waals surface area (Å²) in [7, 11) is -3.30. The largest absolute Gasteiger partial charge is 0.219 e. The van der Waals surface area contributed by atoms with E-state index in [2.05, 4.69) is 20.4 Å². The first kappa shape index (κ1) is 16.7. The van der Waals surface area contributed by atoms with Crippen LogP contribution < -0.4 is 0 Å². The molecule has 0 aliphatic heterocycles. The molecular weight excluding hydrogens is 268 g/mol. The number of rotatable bonds is 8. The number of hydrogen-bond acceptors (Lipinski definition) is 2. The van der Waals surface area contributed by atoms with Crippen LogP contribution in [0.1, 0.15) is 51.0 Å². The third-order valence-electron chi connectivity index (χ3n) is 3.18. The van der Waals surface area contributed by atoms with Gasteiger partial charge >= 0.3 is 0 Å². The standard InChI is InChI=1S/C17H24O2S/c1-4-5-6-7-8-9-14-20(18,19)17-12-10-16(11-13-17)15(2)3/h4,9-15H,1,5-8H2,2-3H3. The molecule has 20 heavy (non-hydrogen) atoms. The molecule has 0 fully saturated rings. The van der Waals surface area contributed by atoms with Gasteiger partial charge in [0.2, 0.25) is 0 Å². The van der Waals surface area contributed by atoms with Gasteiger partial charge in [-0.2, -0.15) is 0 Å². The van der Waals surface area contributed by atoms with E-state index in [1.54, 1.807) is 18.2 Å². The Hall–Kier alpha value is -1.35. The van der Waals surface area contributed by atoms with Crippen molar-refractivity contribution in [3.8, 4) is 0 Å². The van der Waals surface area contributed by atoms with Crippen molar-refractivity contribution in [3.63, 3.8) is 0 Å². The molecule has 3 heteroatoms. The van der Waals surface area contributed by atoms with Crippen molar-refractivity contribution >= 4 is 9.84 Å². The van der Waals surface area contributed by atoms with Crippen LogP contribution in [0.4, 0.5) is 0 Å². The second-order valence-electron chi connectivity index (χ2n) is 5.21. The molecule has 0 saturated carbocycles. The molecule has 0 saturated heterocycles. The van der Waals surface area contributed by atoms with Gasteiger partial charge in [-0.05, 0) is 49.3 Å². The van der Waals surface area contributed by atoms with Gasteiger partial charge in [-0.25, -0.2) is 8.42 Å². The first-order valence-electron chi connectivity index (χ1n) is 7.10. The normalized spacial score (nSPS) is 12.2. The van der Waals surface area contributed by atoms with Gasteiger partial charge < -0.3 is 0 Å². The molecule has 1 aromatic rings. The van der Waals surface area contributed by atoms with Crippen LogP contribution in [-0.4, -0.2) is 8.42 Å². The summed E-state index contributed by atoms with van der Waals surface area (Å²) in [5.74, 6) is 0.409. The minimum absolute atomic E-state index is 0.365. The summed E-state index contributed by atoms with van der Waals surface area (Å²) in [5.41, 5.74) is 1.15. The molecule has 0 aliphatic carbocycles. The average Bonchev–Trinajstić information content (AvgIpc) is 2.43. The molecule has 0 amide bonds. The fraction of sp³-hybridized carbons (Fsp3) is 0.412. The molecule has 0 atom stereocenters. The van der Waals surface area contributed by atoms with E-state index >= 15 is 0 Å². The molecule has 0 aromatic heterocycles. The Balaban J connectivity index is 2.64.